The largest absolute Gasteiger partial charge is 0.507 e. The summed E-state index contributed by atoms with van der Waals surface area (Å²) >= 11 is 0. The number of benzene rings is 1. The Morgan fingerprint density at radius 3 is 2.67 bits per heavy atom. The first kappa shape index (κ1) is 15.2. The van der Waals surface area contributed by atoms with Crippen LogP contribution in [0.5, 0.6) is 11.5 Å². The fraction of sp³-hybridized carbons (Fsp3) is 0.467. The zero-order chi connectivity index (χ0) is 15.7. The van der Waals surface area contributed by atoms with Gasteiger partial charge in [-0.25, -0.2) is 4.79 Å². The molecule has 0 unspecified atom stereocenters. The Morgan fingerprint density at radius 2 is 2.05 bits per heavy atom. The van der Waals surface area contributed by atoms with E-state index in [1.807, 2.05) is 0 Å². The molecule has 114 valence electrons. The molecule has 21 heavy (non-hydrogen) atoms. The molecule has 0 saturated carbocycles. The Labute approximate surface area is 122 Å². The van der Waals surface area contributed by atoms with Crippen LogP contribution in [0, 0.1) is 19.8 Å². The van der Waals surface area contributed by atoms with Crippen molar-refractivity contribution in [2.45, 2.75) is 33.8 Å². The van der Waals surface area contributed by atoms with Gasteiger partial charge in [0.05, 0.1) is 12.5 Å². The van der Waals surface area contributed by atoms with Crippen LogP contribution in [0.25, 0.3) is 0 Å². The maximum Gasteiger partial charge on any atom is 0.342 e. The van der Waals surface area contributed by atoms with Gasteiger partial charge in [-0.2, -0.15) is 0 Å². The van der Waals surface area contributed by atoms with Gasteiger partial charge in [0.25, 0.3) is 0 Å². The van der Waals surface area contributed by atoms with E-state index in [9.17, 15) is 14.7 Å². The quantitative estimate of drug-likeness (QED) is 0.808. The summed E-state index contributed by atoms with van der Waals surface area (Å²) in [6.07, 6.45) is 0.363. The molecule has 1 atom stereocenters. The van der Waals surface area contributed by atoms with Crippen molar-refractivity contribution in [3.8, 4) is 11.5 Å². The first-order chi connectivity index (χ1) is 9.84. The average Bonchev–Trinajstić information content (AvgIpc) is 2.82. The summed E-state index contributed by atoms with van der Waals surface area (Å²) in [7, 11) is 0. The molecule has 0 bridgehead atoms. The van der Waals surface area contributed by atoms with Gasteiger partial charge < -0.3 is 19.7 Å². The van der Waals surface area contributed by atoms with Gasteiger partial charge in [0.2, 0.25) is 0 Å². The highest BCUT2D eigenvalue weighted by molar-refractivity contribution is 5.97. The van der Waals surface area contributed by atoms with Gasteiger partial charge in [-0.05, 0) is 25.8 Å². The molecule has 1 heterocycles. The monoisotopic (exact) mass is 294 g/mol. The fourth-order valence-electron chi connectivity index (χ4n) is 2.33. The highest BCUT2D eigenvalue weighted by atomic mass is 16.5. The van der Waals surface area contributed by atoms with Gasteiger partial charge in [-0.1, -0.05) is 6.92 Å². The molecular weight excluding hydrogens is 276 g/mol. The van der Waals surface area contributed by atoms with Crippen LogP contribution < -0.4 is 4.74 Å². The summed E-state index contributed by atoms with van der Waals surface area (Å²) in [6.45, 7) is 5.41. The van der Waals surface area contributed by atoms with Crippen LogP contribution in [0.3, 0.4) is 0 Å². The second kappa shape index (κ2) is 5.63. The number of carboxylic acids is 1. The summed E-state index contributed by atoms with van der Waals surface area (Å²) in [4.78, 5) is 22.4. The Balaban J connectivity index is 2.24. The minimum absolute atomic E-state index is 0.121. The summed E-state index contributed by atoms with van der Waals surface area (Å²) < 4.78 is 10.6. The van der Waals surface area contributed by atoms with E-state index in [1.54, 1.807) is 20.8 Å². The maximum absolute atomic E-state index is 11.6. The van der Waals surface area contributed by atoms with Gasteiger partial charge in [0.1, 0.15) is 23.7 Å². The Bertz CT molecular complexity index is 605. The summed E-state index contributed by atoms with van der Waals surface area (Å²) in [6, 6.07) is 0. The number of phenolic OH excluding ortho intramolecular Hbond substituents is 1. The van der Waals surface area contributed by atoms with E-state index >= 15 is 0 Å². The van der Waals surface area contributed by atoms with E-state index in [-0.39, 0.29) is 24.5 Å². The number of hydrogen-bond donors (Lipinski definition) is 2. The van der Waals surface area contributed by atoms with Gasteiger partial charge >= 0.3 is 11.9 Å². The van der Waals surface area contributed by atoms with Crippen molar-refractivity contribution in [2.75, 3.05) is 6.61 Å². The molecule has 0 spiro atoms. The smallest absolute Gasteiger partial charge is 0.342 e. The summed E-state index contributed by atoms with van der Waals surface area (Å²) in [5.41, 5.74) is 2.04. The normalized spacial score (nSPS) is 14.5. The van der Waals surface area contributed by atoms with Crippen molar-refractivity contribution in [1.29, 1.82) is 0 Å². The van der Waals surface area contributed by atoms with Crippen LogP contribution in [-0.4, -0.2) is 28.8 Å². The van der Waals surface area contributed by atoms with Gasteiger partial charge in [0, 0.05) is 11.1 Å². The van der Waals surface area contributed by atoms with Crippen molar-refractivity contribution in [3.05, 3.63) is 22.3 Å². The first-order valence-electron chi connectivity index (χ1n) is 6.72. The molecule has 0 aliphatic carbocycles. The van der Waals surface area contributed by atoms with Crippen LogP contribution in [0.1, 0.15) is 40.4 Å². The highest BCUT2D eigenvalue weighted by Gasteiger charge is 2.31. The van der Waals surface area contributed by atoms with Crippen LogP contribution in [0.2, 0.25) is 0 Å². The number of esters is 1. The molecule has 0 amide bonds. The SMILES string of the molecule is Cc1c(O)c2c(c(C)c1OCC[C@@H](C)C(=O)O)COC2=O. The molecule has 6 heteroatoms. The number of carboxylic acid groups (broad SMARTS) is 1. The van der Waals surface area contributed by atoms with E-state index in [2.05, 4.69) is 0 Å². The van der Waals surface area contributed by atoms with Crippen LogP contribution >= 0.6 is 0 Å². The third kappa shape index (κ3) is 2.66. The molecule has 1 aromatic carbocycles. The van der Waals surface area contributed by atoms with E-state index in [4.69, 9.17) is 14.6 Å². The third-order valence-electron chi connectivity index (χ3n) is 3.80. The Hall–Kier alpha value is -2.24. The number of carbonyl (C=O) groups excluding carboxylic acids is 1. The predicted molar refractivity (Wildman–Crippen MR) is 73.6 cm³/mol. The molecule has 0 aromatic heterocycles. The third-order valence-corrected chi connectivity index (χ3v) is 3.80. The summed E-state index contributed by atoms with van der Waals surface area (Å²) in [5, 5.41) is 19.0. The molecule has 0 fully saturated rings. The lowest BCUT2D eigenvalue weighted by atomic mass is 9.98. The number of phenols is 1. The number of aromatic hydroxyl groups is 1. The van der Waals surface area contributed by atoms with Crippen molar-refractivity contribution in [3.63, 3.8) is 0 Å². The van der Waals surface area contributed by atoms with E-state index in [0.717, 1.165) is 5.56 Å². The lowest BCUT2D eigenvalue weighted by Crippen LogP contribution is -2.14. The molecule has 2 N–H and O–H groups in total. The minimum Gasteiger partial charge on any atom is -0.507 e. The minimum atomic E-state index is -0.872. The van der Waals surface area contributed by atoms with E-state index in [0.29, 0.717) is 23.3 Å². The van der Waals surface area contributed by atoms with Crippen LogP contribution in [-0.2, 0) is 16.1 Å². The van der Waals surface area contributed by atoms with E-state index in [1.165, 1.54) is 0 Å². The number of aliphatic carboxylic acids is 1. The van der Waals surface area contributed by atoms with Crippen LogP contribution in [0.4, 0.5) is 0 Å². The van der Waals surface area contributed by atoms with Gasteiger partial charge in [-0.3, -0.25) is 4.79 Å². The lowest BCUT2D eigenvalue weighted by molar-refractivity contribution is -0.141. The second-order valence-corrected chi connectivity index (χ2v) is 5.23. The van der Waals surface area contributed by atoms with Crippen molar-refractivity contribution in [2.24, 2.45) is 5.92 Å². The standard InChI is InChI=1S/C15H18O6/c1-7(14(17)18)4-5-20-13-8(2)10-6-21-15(19)11(10)12(16)9(13)3/h7,16H,4-6H2,1-3H3,(H,17,18)/t7-/m1/s1. The number of rotatable bonds is 5. The lowest BCUT2D eigenvalue weighted by Gasteiger charge is -2.16. The maximum atomic E-state index is 11.6. The molecule has 1 aliphatic heterocycles. The molecule has 1 aliphatic rings. The van der Waals surface area contributed by atoms with Crippen molar-refractivity contribution in [1.82, 2.24) is 0 Å². The zero-order valence-electron chi connectivity index (χ0n) is 12.2. The molecular formula is C15H18O6. The molecule has 0 radical (unpaired) electrons. The molecule has 6 nitrogen and oxygen atoms in total. The van der Waals surface area contributed by atoms with Gasteiger partial charge in [0.15, 0.2) is 0 Å². The number of carbonyl (C=O) groups is 2. The number of cyclic esters (lactones) is 1. The summed E-state index contributed by atoms with van der Waals surface area (Å²) in [5.74, 6) is -1.54. The highest BCUT2D eigenvalue weighted by Crippen LogP contribution is 2.41. The predicted octanol–water partition coefficient (Wildman–Crippen LogP) is 2.17. The first-order valence-corrected chi connectivity index (χ1v) is 6.72. The molecule has 2 rings (SSSR count). The average molecular weight is 294 g/mol. The number of ether oxygens (including phenoxy) is 2. The molecule has 0 saturated heterocycles. The Kier molecular flexibility index (Phi) is 4.06. The fourth-order valence-corrected chi connectivity index (χ4v) is 2.33. The number of fused-ring (bicyclic) bond motifs is 1. The van der Waals surface area contributed by atoms with Crippen molar-refractivity contribution >= 4 is 11.9 Å². The Morgan fingerprint density at radius 1 is 1.38 bits per heavy atom. The molecule has 1 aromatic rings. The van der Waals surface area contributed by atoms with Crippen molar-refractivity contribution < 1.29 is 29.3 Å². The van der Waals surface area contributed by atoms with Gasteiger partial charge in [-0.15, -0.1) is 0 Å². The zero-order valence-corrected chi connectivity index (χ0v) is 12.2. The van der Waals surface area contributed by atoms with Crippen LogP contribution in [0.15, 0.2) is 0 Å². The van der Waals surface area contributed by atoms with E-state index < -0.39 is 17.9 Å². The second-order valence-electron chi connectivity index (χ2n) is 5.23. The topological polar surface area (TPSA) is 93.1 Å². The number of hydrogen-bond acceptors (Lipinski definition) is 5.